The SMILES string of the molecule is CCCOP(=O)(OCCC)c1nc2c(C)sc(C)c2s1. The van der Waals surface area contributed by atoms with Crippen molar-refractivity contribution in [3.05, 3.63) is 9.75 Å². The quantitative estimate of drug-likeness (QED) is 0.692. The third kappa shape index (κ3) is 3.15. The highest BCUT2D eigenvalue weighted by molar-refractivity contribution is 7.69. The largest absolute Gasteiger partial charge is 0.389 e. The number of hydrogen-bond donors (Lipinski definition) is 0. The molecule has 0 saturated heterocycles. The Balaban J connectivity index is 2.39. The molecule has 0 saturated carbocycles. The summed E-state index contributed by atoms with van der Waals surface area (Å²) in [6, 6.07) is 0. The fourth-order valence-corrected chi connectivity index (χ4v) is 6.17. The Morgan fingerprint density at radius 1 is 1.05 bits per heavy atom. The van der Waals surface area contributed by atoms with Crippen LogP contribution in [0.1, 0.15) is 36.4 Å². The maximum Gasteiger partial charge on any atom is 0.389 e. The van der Waals surface area contributed by atoms with Gasteiger partial charge in [-0.25, -0.2) is 4.98 Å². The fraction of sp³-hybridized carbons (Fsp3) is 0.615. The molecule has 112 valence electrons. The van der Waals surface area contributed by atoms with Crippen LogP contribution < -0.4 is 4.75 Å². The van der Waals surface area contributed by atoms with Gasteiger partial charge in [-0.3, -0.25) is 4.57 Å². The number of rotatable bonds is 7. The monoisotopic (exact) mass is 333 g/mol. The van der Waals surface area contributed by atoms with Crippen LogP contribution in [0.15, 0.2) is 0 Å². The molecule has 0 fully saturated rings. The zero-order valence-corrected chi connectivity index (χ0v) is 14.8. The van der Waals surface area contributed by atoms with E-state index in [9.17, 15) is 4.57 Å². The molecular formula is C13H20NO3PS2. The average molecular weight is 333 g/mol. The molecule has 0 amide bonds. The molecule has 2 rings (SSSR count). The highest BCUT2D eigenvalue weighted by atomic mass is 32.1. The van der Waals surface area contributed by atoms with Gasteiger partial charge in [0.2, 0.25) is 4.75 Å². The van der Waals surface area contributed by atoms with Crippen LogP contribution in [-0.2, 0) is 13.6 Å². The summed E-state index contributed by atoms with van der Waals surface area (Å²) in [5.41, 5.74) is 0.938. The smallest absolute Gasteiger partial charge is 0.304 e. The van der Waals surface area contributed by atoms with Crippen molar-refractivity contribution in [3.8, 4) is 0 Å². The summed E-state index contributed by atoms with van der Waals surface area (Å²) in [5, 5.41) is 0. The van der Waals surface area contributed by atoms with E-state index < -0.39 is 7.60 Å². The number of aryl methyl sites for hydroxylation is 2. The second-order valence-electron chi connectivity index (χ2n) is 4.55. The summed E-state index contributed by atoms with van der Waals surface area (Å²) < 4.78 is 25.6. The van der Waals surface area contributed by atoms with Crippen LogP contribution >= 0.6 is 30.3 Å². The third-order valence-electron chi connectivity index (χ3n) is 2.74. The van der Waals surface area contributed by atoms with Gasteiger partial charge in [-0.1, -0.05) is 13.8 Å². The molecule has 7 heteroatoms. The summed E-state index contributed by atoms with van der Waals surface area (Å²) in [5.74, 6) is 0. The first-order chi connectivity index (χ1) is 9.51. The Kier molecular flexibility index (Phi) is 5.37. The van der Waals surface area contributed by atoms with Crippen molar-refractivity contribution in [1.29, 1.82) is 0 Å². The van der Waals surface area contributed by atoms with Crippen molar-refractivity contribution in [2.75, 3.05) is 13.2 Å². The van der Waals surface area contributed by atoms with Crippen molar-refractivity contribution in [1.82, 2.24) is 4.98 Å². The Labute approximate surface area is 127 Å². The third-order valence-corrected chi connectivity index (χ3v) is 7.42. The average Bonchev–Trinajstić information content (AvgIpc) is 2.97. The van der Waals surface area contributed by atoms with E-state index in [-0.39, 0.29) is 0 Å². The second-order valence-corrected chi connectivity index (χ2v) is 9.22. The van der Waals surface area contributed by atoms with Gasteiger partial charge in [-0.15, -0.1) is 22.7 Å². The number of aromatic nitrogens is 1. The molecule has 0 aliphatic carbocycles. The van der Waals surface area contributed by atoms with Crippen LogP contribution in [0.25, 0.3) is 10.2 Å². The van der Waals surface area contributed by atoms with Crippen LogP contribution in [-0.4, -0.2) is 18.2 Å². The molecule has 0 radical (unpaired) electrons. The lowest BCUT2D eigenvalue weighted by molar-refractivity contribution is 0.213. The van der Waals surface area contributed by atoms with Gasteiger partial charge in [0.05, 0.1) is 23.4 Å². The van der Waals surface area contributed by atoms with Gasteiger partial charge in [0.1, 0.15) is 0 Å². The van der Waals surface area contributed by atoms with Crippen LogP contribution in [0.2, 0.25) is 0 Å². The van der Waals surface area contributed by atoms with Crippen LogP contribution in [0.3, 0.4) is 0 Å². The molecule has 0 aliphatic heterocycles. The van der Waals surface area contributed by atoms with Crippen molar-refractivity contribution in [2.45, 2.75) is 40.5 Å². The van der Waals surface area contributed by atoms with Crippen molar-refractivity contribution in [2.24, 2.45) is 0 Å². The van der Waals surface area contributed by atoms with Gasteiger partial charge in [0.25, 0.3) is 0 Å². The standard InChI is InChI=1S/C13H20NO3PS2/c1-5-7-16-18(15,17-8-6-2)13-14-11-9(3)19-10(4)12(11)20-13/h5-8H2,1-4H3. The lowest BCUT2D eigenvalue weighted by Gasteiger charge is -2.15. The van der Waals surface area contributed by atoms with E-state index in [1.165, 1.54) is 16.2 Å². The van der Waals surface area contributed by atoms with Crippen LogP contribution in [0, 0.1) is 13.8 Å². The van der Waals surface area contributed by atoms with Crippen molar-refractivity contribution < 1.29 is 13.6 Å². The van der Waals surface area contributed by atoms with Gasteiger partial charge in [0, 0.05) is 9.75 Å². The first-order valence-corrected chi connectivity index (χ1v) is 9.95. The molecule has 0 bridgehead atoms. The summed E-state index contributed by atoms with van der Waals surface area (Å²) in [6.07, 6.45) is 1.60. The summed E-state index contributed by atoms with van der Waals surface area (Å²) >= 11 is 3.16. The van der Waals surface area contributed by atoms with E-state index in [1.807, 2.05) is 20.8 Å². The maximum absolute atomic E-state index is 12.9. The first kappa shape index (κ1) is 16.1. The predicted molar refractivity (Wildman–Crippen MR) is 86.7 cm³/mol. The molecule has 0 atom stereocenters. The van der Waals surface area contributed by atoms with Gasteiger partial charge in [-0.2, -0.15) is 0 Å². The van der Waals surface area contributed by atoms with E-state index in [4.69, 9.17) is 9.05 Å². The van der Waals surface area contributed by atoms with Crippen molar-refractivity contribution in [3.63, 3.8) is 0 Å². The lowest BCUT2D eigenvalue weighted by Crippen LogP contribution is -2.11. The van der Waals surface area contributed by atoms with Crippen molar-refractivity contribution >= 4 is 45.2 Å². The number of nitrogens with zero attached hydrogens (tertiary/aromatic N) is 1. The normalized spacial score (nSPS) is 12.4. The first-order valence-electron chi connectivity index (χ1n) is 6.78. The number of hydrogen-bond acceptors (Lipinski definition) is 6. The topological polar surface area (TPSA) is 48.4 Å². The minimum absolute atomic E-state index is 0.422. The maximum atomic E-state index is 12.9. The lowest BCUT2D eigenvalue weighted by atomic mass is 10.4. The fourth-order valence-electron chi connectivity index (χ4n) is 1.80. The molecule has 4 nitrogen and oxygen atoms in total. The molecule has 0 N–H and O–H groups in total. The highest BCUT2D eigenvalue weighted by Gasteiger charge is 2.32. The Morgan fingerprint density at radius 2 is 1.65 bits per heavy atom. The molecule has 20 heavy (non-hydrogen) atoms. The van der Waals surface area contributed by atoms with Crippen LogP contribution in [0.4, 0.5) is 0 Å². The van der Waals surface area contributed by atoms with Gasteiger partial charge >= 0.3 is 7.60 Å². The van der Waals surface area contributed by atoms with E-state index in [1.54, 1.807) is 11.3 Å². The molecule has 0 unspecified atom stereocenters. The number of fused-ring (bicyclic) bond motifs is 1. The molecule has 0 spiro atoms. The molecule has 2 aromatic heterocycles. The Bertz CT molecular complexity index is 588. The molecule has 0 aliphatic rings. The zero-order chi connectivity index (χ0) is 14.8. The Hall–Kier alpha value is -0.260. The number of thiophene rings is 1. The summed E-state index contributed by atoms with van der Waals surface area (Å²) in [4.78, 5) is 6.88. The molecule has 2 aromatic rings. The minimum atomic E-state index is -3.27. The summed E-state index contributed by atoms with van der Waals surface area (Å²) in [6.45, 7) is 8.91. The minimum Gasteiger partial charge on any atom is -0.304 e. The second kappa shape index (κ2) is 6.67. The van der Waals surface area contributed by atoms with E-state index >= 15 is 0 Å². The Morgan fingerprint density at radius 3 is 2.15 bits per heavy atom. The summed E-state index contributed by atoms with van der Waals surface area (Å²) in [7, 11) is -3.27. The molecule has 2 heterocycles. The predicted octanol–water partition coefficient (Wildman–Crippen LogP) is 4.65. The van der Waals surface area contributed by atoms with E-state index in [2.05, 4.69) is 11.9 Å². The number of thiazole rings is 1. The molecule has 0 aromatic carbocycles. The van der Waals surface area contributed by atoms with Gasteiger partial charge in [0.15, 0.2) is 0 Å². The van der Waals surface area contributed by atoms with Crippen LogP contribution in [0.5, 0.6) is 0 Å². The zero-order valence-electron chi connectivity index (χ0n) is 12.3. The highest BCUT2D eigenvalue weighted by Crippen LogP contribution is 2.50. The van der Waals surface area contributed by atoms with E-state index in [0.717, 1.165) is 27.9 Å². The molecular weight excluding hydrogens is 313 g/mol. The van der Waals surface area contributed by atoms with Gasteiger partial charge < -0.3 is 9.05 Å². The van der Waals surface area contributed by atoms with Gasteiger partial charge in [-0.05, 0) is 26.7 Å². The van der Waals surface area contributed by atoms with E-state index in [0.29, 0.717) is 18.0 Å².